The predicted molar refractivity (Wildman–Crippen MR) is 89.4 cm³/mol. The quantitative estimate of drug-likeness (QED) is 0.825. The van der Waals surface area contributed by atoms with E-state index in [1.807, 2.05) is 37.4 Å². The van der Waals surface area contributed by atoms with E-state index in [4.69, 9.17) is 16.7 Å². The number of carboxylic acid groups (broad SMARTS) is 1. The molecule has 0 heterocycles. The van der Waals surface area contributed by atoms with Gasteiger partial charge in [0, 0.05) is 22.2 Å². The average molecular weight is 369 g/mol. The van der Waals surface area contributed by atoms with Gasteiger partial charge in [0.2, 0.25) is 0 Å². The number of rotatable bonds is 4. The second kappa shape index (κ2) is 6.50. The van der Waals surface area contributed by atoms with Gasteiger partial charge in [-0.05, 0) is 58.7 Å². The highest BCUT2D eigenvalue weighted by Crippen LogP contribution is 2.29. The monoisotopic (exact) mass is 367 g/mol. The number of halogens is 2. The molecule has 3 nitrogen and oxygen atoms in total. The number of benzene rings is 2. The van der Waals surface area contributed by atoms with Gasteiger partial charge in [-0.25, -0.2) is 4.79 Å². The fraction of sp³-hybridized carbons (Fsp3) is 0.188. The van der Waals surface area contributed by atoms with Crippen molar-refractivity contribution in [1.82, 2.24) is 0 Å². The first-order valence-electron chi connectivity index (χ1n) is 6.41. The Morgan fingerprint density at radius 1 is 1.24 bits per heavy atom. The van der Waals surface area contributed by atoms with Crippen molar-refractivity contribution < 1.29 is 9.90 Å². The Balaban J connectivity index is 2.27. The number of aromatic carboxylic acids is 1. The van der Waals surface area contributed by atoms with E-state index >= 15 is 0 Å². The molecule has 5 heteroatoms. The molecule has 0 aliphatic carbocycles. The van der Waals surface area contributed by atoms with Gasteiger partial charge in [0.25, 0.3) is 0 Å². The second-order valence-electron chi connectivity index (χ2n) is 4.81. The van der Waals surface area contributed by atoms with Crippen LogP contribution in [0.2, 0.25) is 5.02 Å². The van der Waals surface area contributed by atoms with Crippen LogP contribution in [0.1, 0.15) is 28.9 Å². The largest absolute Gasteiger partial charge is 0.478 e. The maximum atomic E-state index is 11.0. The molecule has 1 unspecified atom stereocenters. The molecular weight excluding hydrogens is 354 g/mol. The molecule has 0 saturated carbocycles. The Morgan fingerprint density at radius 2 is 1.86 bits per heavy atom. The van der Waals surface area contributed by atoms with Crippen LogP contribution in [-0.4, -0.2) is 18.1 Å². The van der Waals surface area contributed by atoms with Gasteiger partial charge < -0.3 is 10.0 Å². The van der Waals surface area contributed by atoms with Crippen LogP contribution in [0.15, 0.2) is 46.9 Å². The molecule has 0 fully saturated rings. The maximum absolute atomic E-state index is 11.0. The Labute approximate surface area is 137 Å². The molecule has 21 heavy (non-hydrogen) atoms. The summed E-state index contributed by atoms with van der Waals surface area (Å²) in [5, 5.41) is 9.76. The minimum absolute atomic E-state index is 0.143. The molecular formula is C16H15BrClNO2. The summed E-state index contributed by atoms with van der Waals surface area (Å²) in [6.07, 6.45) is 0. The van der Waals surface area contributed by atoms with E-state index in [1.165, 1.54) is 0 Å². The molecule has 0 spiro atoms. The summed E-state index contributed by atoms with van der Waals surface area (Å²) in [5.74, 6) is -0.943. The zero-order valence-electron chi connectivity index (χ0n) is 11.7. The lowest BCUT2D eigenvalue weighted by atomic mass is 10.1. The van der Waals surface area contributed by atoms with Gasteiger partial charge in [-0.3, -0.25) is 0 Å². The molecule has 0 aromatic heterocycles. The first-order valence-corrected chi connectivity index (χ1v) is 7.58. The fourth-order valence-corrected chi connectivity index (χ4v) is 2.75. The Kier molecular flexibility index (Phi) is 4.91. The molecule has 110 valence electrons. The molecule has 0 amide bonds. The second-order valence-corrected chi connectivity index (χ2v) is 6.10. The lowest BCUT2D eigenvalue weighted by Crippen LogP contribution is -2.21. The van der Waals surface area contributed by atoms with Crippen molar-refractivity contribution >= 4 is 39.2 Å². The van der Waals surface area contributed by atoms with E-state index in [-0.39, 0.29) is 11.6 Å². The molecule has 1 atom stereocenters. The fourth-order valence-electron chi connectivity index (χ4n) is 2.09. The third-order valence-corrected chi connectivity index (χ3v) is 4.43. The third kappa shape index (κ3) is 3.57. The number of carboxylic acids is 1. The molecule has 2 aromatic carbocycles. The normalized spacial score (nSPS) is 12.0. The number of nitrogens with zero attached hydrogens (tertiary/aromatic N) is 1. The molecule has 1 N–H and O–H groups in total. The van der Waals surface area contributed by atoms with Crippen LogP contribution in [0.3, 0.4) is 0 Å². The lowest BCUT2D eigenvalue weighted by molar-refractivity contribution is 0.0696. The minimum atomic E-state index is -0.943. The first kappa shape index (κ1) is 15.9. The van der Waals surface area contributed by atoms with E-state index < -0.39 is 5.97 Å². The molecule has 0 saturated heterocycles. The Bertz CT molecular complexity index is 658. The Morgan fingerprint density at radius 3 is 2.38 bits per heavy atom. The van der Waals surface area contributed by atoms with Crippen LogP contribution < -0.4 is 4.90 Å². The third-order valence-electron chi connectivity index (χ3n) is 3.52. The Hall–Kier alpha value is -1.52. The zero-order valence-corrected chi connectivity index (χ0v) is 14.0. The average Bonchev–Trinajstić information content (AvgIpc) is 2.46. The number of anilines is 1. The van der Waals surface area contributed by atoms with Crippen LogP contribution in [0, 0.1) is 0 Å². The smallest absolute Gasteiger partial charge is 0.336 e. The van der Waals surface area contributed by atoms with Crippen molar-refractivity contribution in [3.63, 3.8) is 0 Å². The highest BCUT2D eigenvalue weighted by molar-refractivity contribution is 9.10. The van der Waals surface area contributed by atoms with Gasteiger partial charge in [0.15, 0.2) is 0 Å². The van der Waals surface area contributed by atoms with Crippen LogP contribution in [0.5, 0.6) is 0 Å². The summed E-state index contributed by atoms with van der Waals surface area (Å²) in [5.41, 5.74) is 2.33. The van der Waals surface area contributed by atoms with E-state index in [1.54, 1.807) is 12.1 Å². The van der Waals surface area contributed by atoms with Crippen molar-refractivity contribution in [1.29, 1.82) is 0 Å². The standard InChI is InChI=1S/C16H15BrClNO2/c1-10(11-3-5-12(18)6-4-11)19(2)13-7-8-14(16(20)21)15(17)9-13/h3-10H,1-2H3,(H,20,21). The van der Waals surface area contributed by atoms with Crippen molar-refractivity contribution in [2.75, 3.05) is 11.9 Å². The van der Waals surface area contributed by atoms with Crippen molar-refractivity contribution in [2.24, 2.45) is 0 Å². The summed E-state index contributed by atoms with van der Waals surface area (Å²) >= 11 is 9.21. The molecule has 0 aliphatic heterocycles. The molecule has 2 aromatic rings. The van der Waals surface area contributed by atoms with Gasteiger partial charge in [0.1, 0.15) is 0 Å². The highest BCUT2D eigenvalue weighted by Gasteiger charge is 2.15. The summed E-state index contributed by atoms with van der Waals surface area (Å²) in [7, 11) is 1.97. The minimum Gasteiger partial charge on any atom is -0.478 e. The molecule has 2 rings (SSSR count). The van der Waals surface area contributed by atoms with Gasteiger partial charge in [-0.1, -0.05) is 23.7 Å². The number of hydrogen-bond acceptors (Lipinski definition) is 2. The summed E-state index contributed by atoms with van der Waals surface area (Å²) in [4.78, 5) is 13.1. The number of hydrogen-bond donors (Lipinski definition) is 1. The van der Waals surface area contributed by atoms with Gasteiger partial charge in [-0.2, -0.15) is 0 Å². The van der Waals surface area contributed by atoms with Crippen molar-refractivity contribution in [2.45, 2.75) is 13.0 Å². The molecule has 0 radical (unpaired) electrons. The van der Waals surface area contributed by atoms with Gasteiger partial charge >= 0.3 is 5.97 Å². The highest BCUT2D eigenvalue weighted by atomic mass is 79.9. The van der Waals surface area contributed by atoms with Crippen molar-refractivity contribution in [3.8, 4) is 0 Å². The molecule has 0 bridgehead atoms. The number of carbonyl (C=O) groups is 1. The SMILES string of the molecule is CC(c1ccc(Cl)cc1)N(C)c1ccc(C(=O)O)c(Br)c1. The van der Waals surface area contributed by atoms with E-state index in [9.17, 15) is 4.79 Å². The topological polar surface area (TPSA) is 40.5 Å². The van der Waals surface area contributed by atoms with Gasteiger partial charge in [0.05, 0.1) is 11.6 Å². The first-order chi connectivity index (χ1) is 9.90. The van der Waals surface area contributed by atoms with Crippen molar-refractivity contribution in [3.05, 3.63) is 63.1 Å². The van der Waals surface area contributed by atoms with E-state index in [0.29, 0.717) is 9.50 Å². The molecule has 0 aliphatic rings. The van der Waals surface area contributed by atoms with E-state index in [2.05, 4.69) is 27.8 Å². The summed E-state index contributed by atoms with van der Waals surface area (Å²) in [6.45, 7) is 2.09. The van der Waals surface area contributed by atoms with E-state index in [0.717, 1.165) is 11.3 Å². The lowest BCUT2D eigenvalue weighted by Gasteiger charge is -2.28. The van der Waals surface area contributed by atoms with Crippen LogP contribution in [0.4, 0.5) is 5.69 Å². The maximum Gasteiger partial charge on any atom is 0.336 e. The summed E-state index contributed by atoms with van der Waals surface area (Å²) in [6, 6.07) is 13.1. The van der Waals surface area contributed by atoms with Gasteiger partial charge in [-0.15, -0.1) is 0 Å². The zero-order chi connectivity index (χ0) is 15.6. The summed E-state index contributed by atoms with van der Waals surface area (Å²) < 4.78 is 0.572. The van der Waals surface area contributed by atoms with Crippen LogP contribution >= 0.6 is 27.5 Å². The van der Waals surface area contributed by atoms with Crippen LogP contribution in [-0.2, 0) is 0 Å². The van der Waals surface area contributed by atoms with Crippen LogP contribution in [0.25, 0.3) is 0 Å². The predicted octanol–water partition coefficient (Wildman–Crippen LogP) is 5.00.